The van der Waals surface area contributed by atoms with Gasteiger partial charge in [0.1, 0.15) is 0 Å². The van der Waals surface area contributed by atoms with Gasteiger partial charge in [0.2, 0.25) is 0 Å². The Balaban J connectivity index is 2.20. The second-order valence-electron chi connectivity index (χ2n) is 5.67. The molecule has 18 heavy (non-hydrogen) atoms. The standard InChI is InChI=1S/C15H32N2O/c1-3-9-16-15(13-18)8-12-17-10-5-6-14(4-2)7-11-17/h14-16,18H,3-13H2,1-2H3. The predicted octanol–water partition coefficient (Wildman–Crippen LogP) is 2.25. The van der Waals surface area contributed by atoms with Crippen molar-refractivity contribution in [1.29, 1.82) is 0 Å². The van der Waals surface area contributed by atoms with Crippen LogP contribution in [-0.2, 0) is 0 Å². The van der Waals surface area contributed by atoms with E-state index >= 15 is 0 Å². The van der Waals surface area contributed by atoms with Gasteiger partial charge >= 0.3 is 0 Å². The highest BCUT2D eigenvalue weighted by molar-refractivity contribution is 4.72. The molecule has 0 spiro atoms. The van der Waals surface area contributed by atoms with Crippen LogP contribution in [-0.4, -0.2) is 48.8 Å². The van der Waals surface area contributed by atoms with Crippen molar-refractivity contribution in [2.45, 2.75) is 58.4 Å². The predicted molar refractivity (Wildman–Crippen MR) is 77.9 cm³/mol. The summed E-state index contributed by atoms with van der Waals surface area (Å²) in [6.07, 6.45) is 7.68. The van der Waals surface area contributed by atoms with Crippen LogP contribution in [0.4, 0.5) is 0 Å². The van der Waals surface area contributed by atoms with Gasteiger partial charge in [0.05, 0.1) is 6.61 Å². The zero-order valence-electron chi connectivity index (χ0n) is 12.3. The molecule has 0 aromatic carbocycles. The fourth-order valence-electron chi connectivity index (χ4n) is 2.80. The highest BCUT2D eigenvalue weighted by Crippen LogP contribution is 2.20. The van der Waals surface area contributed by atoms with E-state index in [-0.39, 0.29) is 12.6 Å². The molecule has 0 aromatic rings. The third kappa shape index (κ3) is 6.17. The first-order chi connectivity index (χ1) is 8.80. The van der Waals surface area contributed by atoms with Gasteiger partial charge in [-0.25, -0.2) is 0 Å². The molecule has 2 atom stereocenters. The van der Waals surface area contributed by atoms with Gasteiger partial charge in [-0.15, -0.1) is 0 Å². The maximum absolute atomic E-state index is 9.34. The van der Waals surface area contributed by atoms with Crippen LogP contribution in [0.15, 0.2) is 0 Å². The number of aliphatic hydroxyl groups excluding tert-OH is 1. The van der Waals surface area contributed by atoms with Gasteiger partial charge in [-0.1, -0.05) is 20.3 Å². The first-order valence-corrected chi connectivity index (χ1v) is 7.86. The van der Waals surface area contributed by atoms with E-state index in [2.05, 4.69) is 24.1 Å². The lowest BCUT2D eigenvalue weighted by Crippen LogP contribution is -2.37. The van der Waals surface area contributed by atoms with Crippen LogP contribution < -0.4 is 5.32 Å². The summed E-state index contributed by atoms with van der Waals surface area (Å²) < 4.78 is 0. The average Bonchev–Trinajstić information content (AvgIpc) is 2.64. The van der Waals surface area contributed by atoms with E-state index in [1.165, 1.54) is 38.8 Å². The molecular formula is C15H32N2O. The largest absolute Gasteiger partial charge is 0.395 e. The van der Waals surface area contributed by atoms with Gasteiger partial charge in [0, 0.05) is 6.04 Å². The van der Waals surface area contributed by atoms with Gasteiger partial charge in [0.25, 0.3) is 0 Å². The lowest BCUT2D eigenvalue weighted by atomic mass is 9.98. The van der Waals surface area contributed by atoms with Crippen molar-refractivity contribution in [2.75, 3.05) is 32.8 Å². The molecule has 1 aliphatic heterocycles. The molecule has 2 N–H and O–H groups in total. The Kier molecular flexibility index (Phi) is 8.64. The Morgan fingerprint density at radius 3 is 2.78 bits per heavy atom. The molecule has 0 saturated carbocycles. The minimum atomic E-state index is 0.269. The second-order valence-corrected chi connectivity index (χ2v) is 5.67. The number of aliphatic hydroxyl groups is 1. The molecule has 0 radical (unpaired) electrons. The number of hydrogen-bond donors (Lipinski definition) is 2. The number of rotatable bonds is 8. The number of nitrogens with one attached hydrogen (secondary N) is 1. The first kappa shape index (κ1) is 15.9. The third-order valence-electron chi connectivity index (χ3n) is 4.21. The minimum absolute atomic E-state index is 0.269. The SMILES string of the molecule is CCCNC(CO)CCN1CCCC(CC)CC1. The maximum Gasteiger partial charge on any atom is 0.0585 e. The Bertz CT molecular complexity index is 199. The van der Waals surface area contributed by atoms with Crippen LogP contribution >= 0.6 is 0 Å². The van der Waals surface area contributed by atoms with Crippen molar-refractivity contribution in [2.24, 2.45) is 5.92 Å². The van der Waals surface area contributed by atoms with Gasteiger partial charge in [-0.05, 0) is 64.2 Å². The zero-order valence-corrected chi connectivity index (χ0v) is 12.3. The number of hydrogen-bond acceptors (Lipinski definition) is 3. The fourth-order valence-corrected chi connectivity index (χ4v) is 2.80. The summed E-state index contributed by atoms with van der Waals surface area (Å²) in [5.74, 6) is 0.946. The fraction of sp³-hybridized carbons (Fsp3) is 1.00. The van der Waals surface area contributed by atoms with E-state index in [4.69, 9.17) is 0 Å². The second kappa shape index (κ2) is 9.76. The minimum Gasteiger partial charge on any atom is -0.395 e. The van der Waals surface area contributed by atoms with E-state index < -0.39 is 0 Å². The molecule has 1 rings (SSSR count). The summed E-state index contributed by atoms with van der Waals surface area (Å²) in [4.78, 5) is 2.59. The van der Waals surface area contributed by atoms with Crippen molar-refractivity contribution in [1.82, 2.24) is 10.2 Å². The van der Waals surface area contributed by atoms with E-state index in [0.29, 0.717) is 0 Å². The Labute approximate surface area is 113 Å². The molecule has 0 aromatic heterocycles. The highest BCUT2D eigenvalue weighted by Gasteiger charge is 2.16. The summed E-state index contributed by atoms with van der Waals surface area (Å²) in [7, 11) is 0. The monoisotopic (exact) mass is 256 g/mol. The van der Waals surface area contributed by atoms with Gasteiger partial charge in [0.15, 0.2) is 0 Å². The summed E-state index contributed by atoms with van der Waals surface area (Å²) in [6, 6.07) is 0.287. The zero-order chi connectivity index (χ0) is 13.2. The molecule has 3 nitrogen and oxygen atoms in total. The Hall–Kier alpha value is -0.120. The molecule has 0 amide bonds. The van der Waals surface area contributed by atoms with Crippen LogP contribution in [0.1, 0.15) is 52.4 Å². The van der Waals surface area contributed by atoms with E-state index in [9.17, 15) is 5.11 Å². The van der Waals surface area contributed by atoms with Crippen molar-refractivity contribution in [3.63, 3.8) is 0 Å². The number of likely N-dealkylation sites (tertiary alicyclic amines) is 1. The van der Waals surface area contributed by atoms with E-state index in [1.807, 2.05) is 0 Å². The topological polar surface area (TPSA) is 35.5 Å². The quantitative estimate of drug-likeness (QED) is 0.699. The molecule has 1 saturated heterocycles. The molecule has 1 fully saturated rings. The molecule has 3 heteroatoms. The van der Waals surface area contributed by atoms with E-state index in [0.717, 1.165) is 31.8 Å². The Morgan fingerprint density at radius 1 is 1.28 bits per heavy atom. The van der Waals surface area contributed by atoms with E-state index in [1.54, 1.807) is 0 Å². The van der Waals surface area contributed by atoms with Crippen LogP contribution in [0.5, 0.6) is 0 Å². The highest BCUT2D eigenvalue weighted by atomic mass is 16.3. The van der Waals surface area contributed by atoms with Crippen molar-refractivity contribution < 1.29 is 5.11 Å². The van der Waals surface area contributed by atoms with Crippen molar-refractivity contribution in [3.8, 4) is 0 Å². The normalized spacial score (nSPS) is 23.8. The summed E-state index contributed by atoms with van der Waals surface area (Å²) in [5, 5.41) is 12.8. The van der Waals surface area contributed by atoms with Gasteiger partial charge < -0.3 is 15.3 Å². The summed E-state index contributed by atoms with van der Waals surface area (Å²) in [6.45, 7) is 9.41. The molecule has 2 unspecified atom stereocenters. The smallest absolute Gasteiger partial charge is 0.0585 e. The summed E-state index contributed by atoms with van der Waals surface area (Å²) in [5.41, 5.74) is 0. The first-order valence-electron chi connectivity index (χ1n) is 7.86. The molecule has 0 bridgehead atoms. The lowest BCUT2D eigenvalue weighted by molar-refractivity contribution is 0.207. The van der Waals surface area contributed by atoms with Crippen molar-refractivity contribution >= 4 is 0 Å². The van der Waals surface area contributed by atoms with Crippen LogP contribution in [0, 0.1) is 5.92 Å². The van der Waals surface area contributed by atoms with Crippen LogP contribution in [0.3, 0.4) is 0 Å². The van der Waals surface area contributed by atoms with Gasteiger partial charge in [-0.2, -0.15) is 0 Å². The summed E-state index contributed by atoms with van der Waals surface area (Å²) >= 11 is 0. The number of nitrogens with zero attached hydrogens (tertiary/aromatic N) is 1. The molecule has 108 valence electrons. The lowest BCUT2D eigenvalue weighted by Gasteiger charge is -2.23. The molecule has 1 aliphatic rings. The Morgan fingerprint density at radius 2 is 2.11 bits per heavy atom. The van der Waals surface area contributed by atoms with Crippen molar-refractivity contribution in [3.05, 3.63) is 0 Å². The van der Waals surface area contributed by atoms with Crippen LogP contribution in [0.2, 0.25) is 0 Å². The molecule has 1 heterocycles. The average molecular weight is 256 g/mol. The molecule has 0 aliphatic carbocycles. The molecular weight excluding hydrogens is 224 g/mol. The maximum atomic E-state index is 9.34. The van der Waals surface area contributed by atoms with Gasteiger partial charge in [-0.3, -0.25) is 0 Å². The van der Waals surface area contributed by atoms with Crippen LogP contribution in [0.25, 0.3) is 0 Å². The third-order valence-corrected chi connectivity index (χ3v) is 4.21.